The normalized spacial score (nSPS) is 12.8. The van der Waals surface area contributed by atoms with E-state index in [0.717, 1.165) is 32.1 Å². The Kier molecular flexibility index (Phi) is 66.6. The molecular weight excluding hydrogens is 927 g/mol. The first-order valence-corrected chi connectivity index (χ1v) is 35.2. The molecule has 0 aliphatic rings. The summed E-state index contributed by atoms with van der Waals surface area (Å²) in [6, 6.07) is -0.639. The van der Waals surface area contributed by atoms with Gasteiger partial charge in [0.2, 0.25) is 5.91 Å². The zero-order valence-corrected chi connectivity index (χ0v) is 52.1. The van der Waals surface area contributed by atoms with Crippen LogP contribution in [-0.2, 0) is 4.79 Å². The molecule has 2 unspecified atom stereocenters. The Morgan fingerprint density at radius 3 is 0.763 bits per heavy atom. The summed E-state index contributed by atoms with van der Waals surface area (Å²) >= 11 is 0. The zero-order valence-electron chi connectivity index (χ0n) is 52.1. The van der Waals surface area contributed by atoms with Crippen LogP contribution in [0.25, 0.3) is 0 Å². The second kappa shape index (κ2) is 67.9. The molecule has 1 amide bonds. The zero-order chi connectivity index (χ0) is 54.8. The van der Waals surface area contributed by atoms with E-state index in [1.165, 1.54) is 347 Å². The number of amides is 1. The standard InChI is InChI=1S/C72H139NO3/c1-3-5-7-9-11-13-15-17-19-21-23-25-27-29-31-33-35-36-38-39-41-43-45-47-49-51-53-55-57-59-61-63-65-67-71(75)70(69-74)73-72(76)68-66-64-62-60-58-56-54-52-50-48-46-44-42-40-37-34-32-30-28-26-24-22-20-18-16-14-12-10-8-6-4-2/h22,24,57,59,65,67,70-71,74-75H,3-21,23,25-56,58,60-64,66,68-69H2,1-2H3,(H,73,76)/b24-22-,59-57+,67-65+. The number of aliphatic hydroxyl groups is 2. The number of nitrogens with one attached hydrogen (secondary N) is 1. The average molecular weight is 1070 g/mol. The summed E-state index contributed by atoms with van der Waals surface area (Å²) in [5.74, 6) is -0.0657. The minimum Gasteiger partial charge on any atom is -0.394 e. The molecule has 3 N–H and O–H groups in total. The van der Waals surface area contributed by atoms with E-state index >= 15 is 0 Å². The van der Waals surface area contributed by atoms with Crippen molar-refractivity contribution < 1.29 is 15.0 Å². The number of carbonyl (C=O) groups excluding carboxylic acids is 1. The first kappa shape index (κ1) is 74.6. The van der Waals surface area contributed by atoms with Crippen LogP contribution in [0.4, 0.5) is 0 Å². The maximum Gasteiger partial charge on any atom is 0.220 e. The Hall–Kier alpha value is -1.39. The summed E-state index contributed by atoms with van der Waals surface area (Å²) in [5, 5.41) is 23.3. The van der Waals surface area contributed by atoms with Gasteiger partial charge in [-0.15, -0.1) is 0 Å². The van der Waals surface area contributed by atoms with Crippen LogP contribution in [0.2, 0.25) is 0 Å². The van der Waals surface area contributed by atoms with Crippen molar-refractivity contribution in [3.8, 4) is 0 Å². The smallest absolute Gasteiger partial charge is 0.220 e. The van der Waals surface area contributed by atoms with Gasteiger partial charge in [0.1, 0.15) is 0 Å². The molecule has 0 aromatic carbocycles. The summed E-state index contributed by atoms with van der Waals surface area (Å²) in [5.41, 5.74) is 0. The summed E-state index contributed by atoms with van der Waals surface area (Å²) in [7, 11) is 0. The Balaban J connectivity index is 3.44. The quantitative estimate of drug-likeness (QED) is 0.0420. The molecule has 4 heteroatoms. The molecule has 0 fully saturated rings. The maximum atomic E-state index is 12.5. The molecule has 0 bridgehead atoms. The molecule has 0 rings (SSSR count). The van der Waals surface area contributed by atoms with Gasteiger partial charge in [0.25, 0.3) is 0 Å². The molecule has 0 saturated carbocycles. The summed E-state index contributed by atoms with van der Waals surface area (Å²) in [4.78, 5) is 12.5. The number of unbranched alkanes of at least 4 members (excludes halogenated alkanes) is 55. The summed E-state index contributed by atoms with van der Waals surface area (Å²) < 4.78 is 0. The monoisotopic (exact) mass is 1070 g/mol. The fraction of sp³-hybridized carbons (Fsp3) is 0.903. The van der Waals surface area contributed by atoms with Crippen LogP contribution in [0, 0.1) is 0 Å². The number of rotatable bonds is 66. The lowest BCUT2D eigenvalue weighted by Crippen LogP contribution is -2.45. The maximum absolute atomic E-state index is 12.5. The summed E-state index contributed by atoms with van der Waals surface area (Å²) in [6.07, 6.45) is 93.9. The second-order valence-electron chi connectivity index (χ2n) is 24.3. The Bertz CT molecular complexity index is 1160. The molecule has 0 radical (unpaired) electrons. The molecule has 2 atom stereocenters. The molecule has 450 valence electrons. The number of hydrogen-bond acceptors (Lipinski definition) is 3. The van der Waals surface area contributed by atoms with Crippen molar-refractivity contribution in [1.82, 2.24) is 5.32 Å². The van der Waals surface area contributed by atoms with Crippen molar-refractivity contribution in [3.05, 3.63) is 36.5 Å². The molecule has 0 saturated heterocycles. The minimum atomic E-state index is -0.863. The molecule has 0 aliphatic heterocycles. The highest BCUT2D eigenvalue weighted by molar-refractivity contribution is 5.76. The highest BCUT2D eigenvalue weighted by atomic mass is 16.3. The number of allylic oxidation sites excluding steroid dienone is 5. The Morgan fingerprint density at radius 2 is 0.513 bits per heavy atom. The van der Waals surface area contributed by atoms with E-state index in [0.29, 0.717) is 6.42 Å². The summed E-state index contributed by atoms with van der Waals surface area (Å²) in [6.45, 7) is 4.35. The van der Waals surface area contributed by atoms with E-state index in [4.69, 9.17) is 0 Å². The van der Waals surface area contributed by atoms with Crippen LogP contribution >= 0.6 is 0 Å². The van der Waals surface area contributed by atoms with Gasteiger partial charge in [-0.2, -0.15) is 0 Å². The Labute approximate surface area is 478 Å². The van der Waals surface area contributed by atoms with E-state index in [-0.39, 0.29) is 12.5 Å². The van der Waals surface area contributed by atoms with Gasteiger partial charge >= 0.3 is 0 Å². The topological polar surface area (TPSA) is 69.6 Å². The molecule has 4 nitrogen and oxygen atoms in total. The SMILES string of the molecule is CCCCCCCCCC/C=C\CCCCCCCCCCCCCCCCCCCCCC(=O)NC(CO)C(O)/C=C/CC/C=C/CCCCCCCCCCCCCCCCCCCCCCCCCCCCC. The molecule has 0 aliphatic carbocycles. The van der Waals surface area contributed by atoms with Crippen molar-refractivity contribution >= 4 is 5.91 Å². The predicted molar refractivity (Wildman–Crippen MR) is 341 cm³/mol. The highest BCUT2D eigenvalue weighted by Gasteiger charge is 2.18. The first-order valence-electron chi connectivity index (χ1n) is 35.2. The Morgan fingerprint density at radius 1 is 0.303 bits per heavy atom. The van der Waals surface area contributed by atoms with Gasteiger partial charge in [-0.3, -0.25) is 4.79 Å². The minimum absolute atomic E-state index is 0.0657. The van der Waals surface area contributed by atoms with Crippen LogP contribution in [0.15, 0.2) is 36.5 Å². The van der Waals surface area contributed by atoms with Gasteiger partial charge in [0.15, 0.2) is 0 Å². The van der Waals surface area contributed by atoms with Gasteiger partial charge in [-0.1, -0.05) is 371 Å². The first-order chi connectivity index (χ1) is 37.7. The number of carbonyl (C=O) groups is 1. The lowest BCUT2D eigenvalue weighted by Gasteiger charge is -2.19. The highest BCUT2D eigenvalue weighted by Crippen LogP contribution is 2.19. The molecule has 0 aromatic heterocycles. The third kappa shape index (κ3) is 63.4. The van der Waals surface area contributed by atoms with Gasteiger partial charge in [-0.25, -0.2) is 0 Å². The van der Waals surface area contributed by atoms with E-state index in [1.807, 2.05) is 6.08 Å². The van der Waals surface area contributed by atoms with Crippen LogP contribution in [-0.4, -0.2) is 34.9 Å². The molecular formula is C72H139NO3. The number of hydrogen-bond donors (Lipinski definition) is 3. The van der Waals surface area contributed by atoms with Crippen molar-refractivity contribution in [1.29, 1.82) is 0 Å². The molecule has 0 aromatic rings. The lowest BCUT2D eigenvalue weighted by molar-refractivity contribution is -0.123. The van der Waals surface area contributed by atoms with Gasteiger partial charge in [0, 0.05) is 6.42 Å². The number of aliphatic hydroxyl groups excluding tert-OH is 2. The van der Waals surface area contributed by atoms with Crippen LogP contribution in [0.5, 0.6) is 0 Å². The van der Waals surface area contributed by atoms with Gasteiger partial charge in [-0.05, 0) is 57.8 Å². The van der Waals surface area contributed by atoms with Crippen molar-refractivity contribution in [2.24, 2.45) is 0 Å². The molecule has 0 spiro atoms. The fourth-order valence-electron chi connectivity index (χ4n) is 11.3. The van der Waals surface area contributed by atoms with E-state index in [9.17, 15) is 15.0 Å². The average Bonchev–Trinajstić information content (AvgIpc) is 3.42. The van der Waals surface area contributed by atoms with Crippen molar-refractivity contribution in [2.45, 2.75) is 411 Å². The lowest BCUT2D eigenvalue weighted by atomic mass is 10.0. The van der Waals surface area contributed by atoms with Crippen LogP contribution in [0.3, 0.4) is 0 Å². The predicted octanol–water partition coefficient (Wildman–Crippen LogP) is 23.9. The molecule has 0 heterocycles. The van der Waals surface area contributed by atoms with E-state index in [2.05, 4.69) is 43.5 Å². The third-order valence-electron chi connectivity index (χ3n) is 16.6. The second-order valence-corrected chi connectivity index (χ2v) is 24.3. The van der Waals surface area contributed by atoms with E-state index < -0.39 is 12.1 Å². The van der Waals surface area contributed by atoms with Crippen LogP contribution < -0.4 is 5.32 Å². The van der Waals surface area contributed by atoms with E-state index in [1.54, 1.807) is 6.08 Å². The molecule has 76 heavy (non-hydrogen) atoms. The fourth-order valence-corrected chi connectivity index (χ4v) is 11.3. The van der Waals surface area contributed by atoms with Gasteiger partial charge < -0.3 is 15.5 Å². The third-order valence-corrected chi connectivity index (χ3v) is 16.6. The van der Waals surface area contributed by atoms with Gasteiger partial charge in [0.05, 0.1) is 18.8 Å². The van der Waals surface area contributed by atoms with Crippen molar-refractivity contribution in [3.63, 3.8) is 0 Å². The van der Waals surface area contributed by atoms with Crippen LogP contribution in [0.1, 0.15) is 399 Å². The largest absolute Gasteiger partial charge is 0.394 e. The van der Waals surface area contributed by atoms with Crippen molar-refractivity contribution in [2.75, 3.05) is 6.61 Å².